The van der Waals surface area contributed by atoms with Gasteiger partial charge in [-0.05, 0) is 74.6 Å². The zero-order chi connectivity index (χ0) is 25.2. The van der Waals surface area contributed by atoms with Crippen LogP contribution >= 0.6 is 0 Å². The third-order valence-corrected chi connectivity index (χ3v) is 6.27. The minimum absolute atomic E-state index is 0.0644. The summed E-state index contributed by atoms with van der Waals surface area (Å²) >= 11 is 0. The summed E-state index contributed by atoms with van der Waals surface area (Å²) < 4.78 is 57.7. The summed E-state index contributed by atoms with van der Waals surface area (Å²) in [5.41, 5.74) is 0.617. The highest BCUT2D eigenvalue weighted by Gasteiger charge is 2.52. The zero-order valence-corrected chi connectivity index (χ0v) is 20.4. The van der Waals surface area contributed by atoms with Crippen molar-refractivity contribution in [2.45, 2.75) is 52.1 Å². The second-order valence-corrected chi connectivity index (χ2v) is 9.33. The average Bonchev–Trinajstić information content (AvgIpc) is 3.04. The van der Waals surface area contributed by atoms with Gasteiger partial charge >= 0.3 is 7.12 Å². The lowest BCUT2D eigenvalue weighted by molar-refractivity contribution is 0.00578. The van der Waals surface area contributed by atoms with E-state index in [9.17, 15) is 8.78 Å². The first-order valence-electron chi connectivity index (χ1n) is 11.3. The molecule has 1 aliphatic heterocycles. The fourth-order valence-corrected chi connectivity index (χ4v) is 3.49. The van der Waals surface area contributed by atoms with Gasteiger partial charge in [0.2, 0.25) is 5.88 Å². The molecule has 0 amide bonds. The molecule has 2 heterocycles. The van der Waals surface area contributed by atoms with E-state index in [2.05, 4.69) is 4.98 Å². The standard InChI is InChI=1S/C26H28BF2NO5/c1-25(2)26(3,4)35-27(34-25)19-13-21(28)24(22(29)14-19)33-16-18-10-11-30-23(12-18)32-15-17-6-8-20(31-5)9-7-17/h6-14H,15-16H2,1-5H3. The molecule has 0 spiro atoms. The molecule has 0 saturated carbocycles. The van der Waals surface area contributed by atoms with Gasteiger partial charge in [-0.2, -0.15) is 0 Å². The first-order valence-corrected chi connectivity index (χ1v) is 11.3. The van der Waals surface area contributed by atoms with Crippen LogP contribution in [0.15, 0.2) is 54.7 Å². The van der Waals surface area contributed by atoms with Crippen LogP contribution in [0.3, 0.4) is 0 Å². The monoisotopic (exact) mass is 483 g/mol. The third-order valence-electron chi connectivity index (χ3n) is 6.27. The van der Waals surface area contributed by atoms with Crippen molar-refractivity contribution in [3.63, 3.8) is 0 Å². The van der Waals surface area contributed by atoms with E-state index < -0.39 is 35.7 Å². The van der Waals surface area contributed by atoms with Gasteiger partial charge in [-0.25, -0.2) is 13.8 Å². The van der Waals surface area contributed by atoms with Crippen molar-refractivity contribution in [2.75, 3.05) is 7.11 Å². The molecule has 4 rings (SSSR count). The fraction of sp³-hybridized carbons (Fsp3) is 0.346. The van der Waals surface area contributed by atoms with E-state index in [1.807, 2.05) is 52.0 Å². The molecule has 0 atom stereocenters. The summed E-state index contributed by atoms with van der Waals surface area (Å²) in [5, 5.41) is 0. The van der Waals surface area contributed by atoms with E-state index in [1.54, 1.807) is 25.4 Å². The number of nitrogens with zero attached hydrogens (tertiary/aromatic N) is 1. The molecule has 6 nitrogen and oxygen atoms in total. The number of benzene rings is 2. The molecule has 0 N–H and O–H groups in total. The van der Waals surface area contributed by atoms with Crippen LogP contribution in [-0.2, 0) is 22.5 Å². The molecule has 1 aliphatic rings. The van der Waals surface area contributed by atoms with Crippen LogP contribution < -0.4 is 19.7 Å². The van der Waals surface area contributed by atoms with E-state index >= 15 is 0 Å². The van der Waals surface area contributed by atoms with Crippen molar-refractivity contribution in [3.05, 3.63) is 77.5 Å². The van der Waals surface area contributed by atoms with Gasteiger partial charge in [0.05, 0.1) is 18.3 Å². The summed E-state index contributed by atoms with van der Waals surface area (Å²) in [7, 11) is 0.734. The summed E-state index contributed by atoms with van der Waals surface area (Å²) in [6, 6.07) is 13.2. The number of methoxy groups -OCH3 is 1. The maximum Gasteiger partial charge on any atom is 0.495 e. The van der Waals surface area contributed by atoms with Crippen LogP contribution in [0.5, 0.6) is 17.4 Å². The van der Waals surface area contributed by atoms with E-state index in [4.69, 9.17) is 23.5 Å². The molecule has 1 fully saturated rings. The Morgan fingerprint density at radius 3 is 2.03 bits per heavy atom. The van der Waals surface area contributed by atoms with Gasteiger partial charge in [-0.3, -0.25) is 0 Å². The van der Waals surface area contributed by atoms with Crippen molar-refractivity contribution in [2.24, 2.45) is 0 Å². The van der Waals surface area contributed by atoms with Crippen LogP contribution in [0.2, 0.25) is 0 Å². The van der Waals surface area contributed by atoms with E-state index in [0.29, 0.717) is 18.1 Å². The number of rotatable bonds is 8. The van der Waals surface area contributed by atoms with Gasteiger partial charge < -0.3 is 23.5 Å². The number of aromatic nitrogens is 1. The topological polar surface area (TPSA) is 59.0 Å². The van der Waals surface area contributed by atoms with E-state index in [0.717, 1.165) is 11.3 Å². The van der Waals surface area contributed by atoms with Crippen molar-refractivity contribution in [1.82, 2.24) is 4.98 Å². The molecule has 9 heteroatoms. The molecule has 2 aromatic carbocycles. The quantitative estimate of drug-likeness (QED) is 0.428. The number of halogens is 2. The largest absolute Gasteiger partial charge is 0.497 e. The summed E-state index contributed by atoms with van der Waals surface area (Å²) in [6.07, 6.45) is 1.55. The maximum atomic E-state index is 14.8. The highest BCUT2D eigenvalue weighted by atomic mass is 19.1. The fourth-order valence-electron chi connectivity index (χ4n) is 3.49. The van der Waals surface area contributed by atoms with Crippen molar-refractivity contribution < 1.29 is 32.3 Å². The Morgan fingerprint density at radius 1 is 0.829 bits per heavy atom. The number of hydrogen-bond donors (Lipinski definition) is 0. The summed E-state index contributed by atoms with van der Waals surface area (Å²) in [4.78, 5) is 4.18. The predicted molar refractivity (Wildman–Crippen MR) is 128 cm³/mol. The summed E-state index contributed by atoms with van der Waals surface area (Å²) in [6.45, 7) is 7.75. The minimum Gasteiger partial charge on any atom is -0.497 e. The van der Waals surface area contributed by atoms with Crippen LogP contribution in [0.25, 0.3) is 0 Å². The molecule has 35 heavy (non-hydrogen) atoms. The lowest BCUT2D eigenvalue weighted by Gasteiger charge is -2.32. The smallest absolute Gasteiger partial charge is 0.495 e. The highest BCUT2D eigenvalue weighted by Crippen LogP contribution is 2.37. The number of pyridine rings is 1. The molecule has 3 aromatic rings. The number of ether oxygens (including phenoxy) is 3. The number of hydrogen-bond acceptors (Lipinski definition) is 6. The van der Waals surface area contributed by atoms with Gasteiger partial charge in [0.25, 0.3) is 0 Å². The zero-order valence-electron chi connectivity index (χ0n) is 20.4. The molecular weight excluding hydrogens is 455 g/mol. The van der Waals surface area contributed by atoms with Crippen molar-refractivity contribution in [1.29, 1.82) is 0 Å². The van der Waals surface area contributed by atoms with Crippen LogP contribution in [-0.4, -0.2) is 30.4 Å². The normalized spacial score (nSPS) is 16.3. The molecule has 1 aromatic heterocycles. The van der Waals surface area contributed by atoms with Gasteiger partial charge in [0, 0.05) is 12.3 Å². The molecule has 184 valence electrons. The Balaban J connectivity index is 1.39. The molecule has 0 aliphatic carbocycles. The van der Waals surface area contributed by atoms with Gasteiger partial charge in [0.15, 0.2) is 17.4 Å². The van der Waals surface area contributed by atoms with Gasteiger partial charge in [0.1, 0.15) is 19.0 Å². The Morgan fingerprint density at radius 2 is 1.43 bits per heavy atom. The average molecular weight is 483 g/mol. The Hall–Kier alpha value is -3.17. The van der Waals surface area contributed by atoms with Gasteiger partial charge in [-0.1, -0.05) is 12.1 Å². The van der Waals surface area contributed by atoms with Crippen molar-refractivity contribution in [3.8, 4) is 17.4 Å². The second kappa shape index (κ2) is 9.83. The summed E-state index contributed by atoms with van der Waals surface area (Å²) in [5.74, 6) is -1.00. The predicted octanol–water partition coefficient (Wildman–Crippen LogP) is 4.83. The van der Waals surface area contributed by atoms with E-state index in [1.165, 1.54) is 12.1 Å². The van der Waals surface area contributed by atoms with Crippen LogP contribution in [0.4, 0.5) is 8.78 Å². The van der Waals surface area contributed by atoms with Crippen molar-refractivity contribution >= 4 is 12.6 Å². The molecule has 1 saturated heterocycles. The highest BCUT2D eigenvalue weighted by molar-refractivity contribution is 6.62. The Kier molecular flexibility index (Phi) is 7.01. The first-order chi connectivity index (χ1) is 16.6. The molecular formula is C26H28BF2NO5. The third kappa shape index (κ3) is 5.57. The van der Waals surface area contributed by atoms with Gasteiger partial charge in [-0.15, -0.1) is 0 Å². The molecule has 0 bridgehead atoms. The van der Waals surface area contributed by atoms with Crippen LogP contribution in [0.1, 0.15) is 38.8 Å². The van der Waals surface area contributed by atoms with Crippen LogP contribution in [0, 0.1) is 11.6 Å². The SMILES string of the molecule is COc1ccc(COc2cc(COc3c(F)cc(B4OC(C)(C)C(C)(C)O4)cc3F)ccn2)cc1. The minimum atomic E-state index is -0.872. The lowest BCUT2D eigenvalue weighted by atomic mass is 9.79. The maximum absolute atomic E-state index is 14.8. The Labute approximate surface area is 204 Å². The molecule has 0 unspecified atom stereocenters. The Bertz CT molecular complexity index is 1150. The van der Waals surface area contributed by atoms with E-state index in [-0.39, 0.29) is 12.1 Å². The second-order valence-electron chi connectivity index (χ2n) is 9.33. The first kappa shape index (κ1) is 24.9. The lowest BCUT2D eigenvalue weighted by Crippen LogP contribution is -2.41. The molecule has 0 radical (unpaired) electrons.